The Balaban J connectivity index is 1.43. The molecule has 0 unspecified atom stereocenters. The van der Waals surface area contributed by atoms with E-state index in [1.165, 1.54) is 12.1 Å². The summed E-state index contributed by atoms with van der Waals surface area (Å²) in [6.45, 7) is 8.79. The van der Waals surface area contributed by atoms with Crippen molar-refractivity contribution in [1.82, 2.24) is 10.2 Å². The lowest BCUT2D eigenvalue weighted by molar-refractivity contribution is 0.0746. The maximum atomic E-state index is 13.1. The Morgan fingerprint density at radius 3 is 2.18 bits per heavy atom. The van der Waals surface area contributed by atoms with E-state index in [0.717, 1.165) is 61.8 Å². The number of hydrogen-bond donors (Lipinski definition) is 1. The van der Waals surface area contributed by atoms with Gasteiger partial charge in [-0.2, -0.15) is 0 Å². The first-order chi connectivity index (χ1) is 13.6. The summed E-state index contributed by atoms with van der Waals surface area (Å²) in [5.41, 5.74) is 4.02. The molecular formula is C22H27FN4O. The van der Waals surface area contributed by atoms with Gasteiger partial charge in [-0.3, -0.25) is 4.79 Å². The number of hydrogen-bond acceptors (Lipinski definition) is 4. The standard InChI is InChI=1S/C22H27FN4O/c1-17-14-18(16-21(15-17)25-8-6-24-7-9-25)22(28)27-12-10-26(11-13-27)20-4-2-19(23)3-5-20/h2-5,14-16,24H,6-13H2,1H3. The average molecular weight is 382 g/mol. The third-order valence-electron chi connectivity index (χ3n) is 5.55. The summed E-state index contributed by atoms with van der Waals surface area (Å²) in [5.74, 6) is -0.129. The molecule has 4 rings (SSSR count). The van der Waals surface area contributed by atoms with E-state index in [1.54, 1.807) is 12.1 Å². The Bertz CT molecular complexity index is 825. The van der Waals surface area contributed by atoms with Gasteiger partial charge >= 0.3 is 0 Å². The normalized spacial score (nSPS) is 17.7. The first-order valence-corrected chi connectivity index (χ1v) is 9.97. The van der Waals surface area contributed by atoms with Crippen LogP contribution >= 0.6 is 0 Å². The van der Waals surface area contributed by atoms with Gasteiger partial charge in [0, 0.05) is 69.3 Å². The van der Waals surface area contributed by atoms with Crippen LogP contribution in [0.25, 0.3) is 0 Å². The number of nitrogens with one attached hydrogen (secondary N) is 1. The molecule has 1 N–H and O–H groups in total. The molecule has 2 fully saturated rings. The molecular weight excluding hydrogens is 355 g/mol. The van der Waals surface area contributed by atoms with Crippen molar-refractivity contribution < 1.29 is 9.18 Å². The van der Waals surface area contributed by atoms with Crippen LogP contribution in [0.3, 0.4) is 0 Å². The van der Waals surface area contributed by atoms with Gasteiger partial charge in [0.2, 0.25) is 0 Å². The number of anilines is 2. The highest BCUT2D eigenvalue weighted by Gasteiger charge is 2.23. The van der Waals surface area contributed by atoms with Crippen LogP contribution in [0.1, 0.15) is 15.9 Å². The predicted molar refractivity (Wildman–Crippen MR) is 111 cm³/mol. The summed E-state index contributed by atoms with van der Waals surface area (Å²) in [7, 11) is 0. The summed E-state index contributed by atoms with van der Waals surface area (Å²) >= 11 is 0. The van der Waals surface area contributed by atoms with Crippen LogP contribution in [0, 0.1) is 12.7 Å². The summed E-state index contributed by atoms with van der Waals surface area (Å²) in [5, 5.41) is 3.37. The largest absolute Gasteiger partial charge is 0.369 e. The molecule has 2 aromatic rings. The van der Waals surface area contributed by atoms with Crippen molar-refractivity contribution in [3.8, 4) is 0 Å². The zero-order chi connectivity index (χ0) is 19.5. The summed E-state index contributed by atoms with van der Waals surface area (Å²) in [6.07, 6.45) is 0. The fraction of sp³-hybridized carbons (Fsp3) is 0.409. The summed E-state index contributed by atoms with van der Waals surface area (Å²) in [6, 6.07) is 12.7. The maximum absolute atomic E-state index is 13.1. The van der Waals surface area contributed by atoms with Crippen LogP contribution in [0.15, 0.2) is 42.5 Å². The number of carbonyl (C=O) groups is 1. The van der Waals surface area contributed by atoms with Crippen molar-refractivity contribution in [1.29, 1.82) is 0 Å². The number of benzene rings is 2. The monoisotopic (exact) mass is 382 g/mol. The zero-order valence-electron chi connectivity index (χ0n) is 16.3. The molecule has 0 saturated carbocycles. The number of carbonyl (C=O) groups excluding carboxylic acids is 1. The SMILES string of the molecule is Cc1cc(C(=O)N2CCN(c3ccc(F)cc3)CC2)cc(N2CCNCC2)c1. The van der Waals surface area contributed by atoms with Crippen LogP contribution < -0.4 is 15.1 Å². The van der Waals surface area contributed by atoms with Crippen LogP contribution in [-0.4, -0.2) is 63.2 Å². The molecule has 2 aliphatic rings. The molecule has 0 atom stereocenters. The highest BCUT2D eigenvalue weighted by atomic mass is 19.1. The van der Waals surface area contributed by atoms with Gasteiger partial charge < -0.3 is 20.0 Å². The maximum Gasteiger partial charge on any atom is 0.254 e. The van der Waals surface area contributed by atoms with Gasteiger partial charge in [-0.15, -0.1) is 0 Å². The van der Waals surface area contributed by atoms with Gasteiger partial charge in [-0.05, 0) is 55.0 Å². The number of rotatable bonds is 3. The van der Waals surface area contributed by atoms with E-state index < -0.39 is 0 Å². The quantitative estimate of drug-likeness (QED) is 0.885. The van der Waals surface area contributed by atoms with Crippen molar-refractivity contribution in [2.75, 3.05) is 62.2 Å². The van der Waals surface area contributed by atoms with E-state index in [2.05, 4.69) is 28.1 Å². The molecule has 0 aliphatic carbocycles. The van der Waals surface area contributed by atoms with Crippen LogP contribution in [0.4, 0.5) is 15.8 Å². The smallest absolute Gasteiger partial charge is 0.254 e. The molecule has 28 heavy (non-hydrogen) atoms. The lowest BCUT2D eigenvalue weighted by atomic mass is 10.1. The second kappa shape index (κ2) is 8.19. The van der Waals surface area contributed by atoms with Gasteiger partial charge in [-0.1, -0.05) is 0 Å². The van der Waals surface area contributed by atoms with Crippen molar-refractivity contribution >= 4 is 17.3 Å². The predicted octanol–water partition coefficient (Wildman–Crippen LogP) is 2.51. The van der Waals surface area contributed by atoms with E-state index in [1.807, 2.05) is 17.0 Å². The summed E-state index contributed by atoms with van der Waals surface area (Å²) < 4.78 is 13.1. The number of piperazine rings is 2. The highest BCUT2D eigenvalue weighted by Crippen LogP contribution is 2.22. The Morgan fingerprint density at radius 2 is 1.50 bits per heavy atom. The van der Waals surface area contributed by atoms with Crippen molar-refractivity contribution in [3.63, 3.8) is 0 Å². The average Bonchev–Trinajstić information content (AvgIpc) is 2.74. The van der Waals surface area contributed by atoms with Crippen molar-refractivity contribution in [2.45, 2.75) is 6.92 Å². The number of amides is 1. The lowest BCUT2D eigenvalue weighted by Gasteiger charge is -2.36. The molecule has 5 nitrogen and oxygen atoms in total. The molecule has 0 radical (unpaired) electrons. The van der Waals surface area contributed by atoms with E-state index in [4.69, 9.17) is 0 Å². The molecule has 2 heterocycles. The van der Waals surface area contributed by atoms with Gasteiger partial charge in [-0.25, -0.2) is 4.39 Å². The Hall–Kier alpha value is -2.60. The third-order valence-corrected chi connectivity index (χ3v) is 5.55. The third kappa shape index (κ3) is 4.12. The van der Waals surface area contributed by atoms with Gasteiger partial charge in [0.05, 0.1) is 0 Å². The molecule has 148 valence electrons. The molecule has 6 heteroatoms. The molecule has 2 saturated heterocycles. The Labute approximate surface area is 165 Å². The minimum Gasteiger partial charge on any atom is -0.369 e. The second-order valence-electron chi connectivity index (χ2n) is 7.55. The van der Waals surface area contributed by atoms with Crippen molar-refractivity contribution in [2.24, 2.45) is 0 Å². The van der Waals surface area contributed by atoms with E-state index in [0.29, 0.717) is 13.1 Å². The minimum atomic E-state index is -0.225. The minimum absolute atomic E-state index is 0.0961. The van der Waals surface area contributed by atoms with E-state index in [9.17, 15) is 9.18 Å². The Morgan fingerprint density at radius 1 is 0.857 bits per heavy atom. The molecule has 2 aromatic carbocycles. The topological polar surface area (TPSA) is 38.8 Å². The fourth-order valence-electron chi connectivity index (χ4n) is 3.99. The van der Waals surface area contributed by atoms with E-state index >= 15 is 0 Å². The zero-order valence-corrected chi connectivity index (χ0v) is 16.3. The van der Waals surface area contributed by atoms with Crippen LogP contribution in [0.5, 0.6) is 0 Å². The molecule has 0 bridgehead atoms. The Kier molecular flexibility index (Phi) is 5.48. The number of halogens is 1. The van der Waals surface area contributed by atoms with Gasteiger partial charge in [0.1, 0.15) is 5.82 Å². The molecule has 2 aliphatic heterocycles. The van der Waals surface area contributed by atoms with Crippen LogP contribution in [-0.2, 0) is 0 Å². The van der Waals surface area contributed by atoms with Crippen molar-refractivity contribution in [3.05, 3.63) is 59.4 Å². The highest BCUT2D eigenvalue weighted by molar-refractivity contribution is 5.95. The first kappa shape index (κ1) is 18.7. The molecule has 0 spiro atoms. The molecule has 0 aromatic heterocycles. The summed E-state index contributed by atoms with van der Waals surface area (Å²) in [4.78, 5) is 19.6. The molecule has 1 amide bonds. The number of nitrogens with zero attached hydrogens (tertiary/aromatic N) is 3. The first-order valence-electron chi connectivity index (χ1n) is 9.97. The fourth-order valence-corrected chi connectivity index (χ4v) is 3.99. The second-order valence-corrected chi connectivity index (χ2v) is 7.55. The van der Waals surface area contributed by atoms with Gasteiger partial charge in [0.15, 0.2) is 0 Å². The van der Waals surface area contributed by atoms with E-state index in [-0.39, 0.29) is 11.7 Å². The van der Waals surface area contributed by atoms with Gasteiger partial charge in [0.25, 0.3) is 5.91 Å². The van der Waals surface area contributed by atoms with Crippen LogP contribution in [0.2, 0.25) is 0 Å². The number of aryl methyl sites for hydroxylation is 1. The lowest BCUT2D eigenvalue weighted by Crippen LogP contribution is -2.49.